The van der Waals surface area contributed by atoms with Crippen molar-refractivity contribution in [2.24, 2.45) is 5.92 Å². The van der Waals surface area contributed by atoms with E-state index in [2.05, 4.69) is 19.3 Å². The molecule has 0 aromatic carbocycles. The molecule has 0 saturated heterocycles. The van der Waals surface area contributed by atoms with Gasteiger partial charge >= 0.3 is 0 Å². The first kappa shape index (κ1) is 11.9. The van der Waals surface area contributed by atoms with Gasteiger partial charge in [-0.15, -0.1) is 0 Å². The van der Waals surface area contributed by atoms with Gasteiger partial charge in [-0.1, -0.05) is 33.1 Å². The Bertz CT molecular complexity index is 91.8. The maximum Gasteiger partial charge on any atom is 0.0130 e. The molecule has 0 radical (unpaired) electrons. The highest BCUT2D eigenvalue weighted by Gasteiger charge is 2.04. The predicted molar refractivity (Wildman–Crippen MR) is 55.0 cm³/mol. The number of nitrogens with one attached hydrogen (secondary N) is 1. The second kappa shape index (κ2) is 7.56. The molecule has 0 aliphatic heterocycles. The van der Waals surface area contributed by atoms with Gasteiger partial charge in [0.15, 0.2) is 0 Å². The minimum absolute atomic E-state index is 0.854. The summed E-state index contributed by atoms with van der Waals surface area (Å²) in [5, 5.41) is 2.04. The van der Waals surface area contributed by atoms with E-state index in [9.17, 15) is 0 Å². The summed E-state index contributed by atoms with van der Waals surface area (Å²) in [7, 11) is 4.10. The van der Waals surface area contributed by atoms with Gasteiger partial charge in [-0.25, -0.2) is 0 Å². The van der Waals surface area contributed by atoms with Crippen molar-refractivity contribution in [1.82, 2.24) is 10.4 Å². The minimum Gasteiger partial charge on any atom is -0.255 e. The molecule has 12 heavy (non-hydrogen) atoms. The van der Waals surface area contributed by atoms with Gasteiger partial charge in [0, 0.05) is 20.6 Å². The van der Waals surface area contributed by atoms with Gasteiger partial charge in [0.1, 0.15) is 0 Å². The highest BCUT2D eigenvalue weighted by atomic mass is 15.5. The van der Waals surface area contributed by atoms with E-state index in [-0.39, 0.29) is 0 Å². The molecule has 1 atom stereocenters. The maximum atomic E-state index is 3.34. The van der Waals surface area contributed by atoms with Gasteiger partial charge < -0.3 is 0 Å². The van der Waals surface area contributed by atoms with Crippen LogP contribution in [0.5, 0.6) is 0 Å². The van der Waals surface area contributed by atoms with Crippen LogP contribution in [0.3, 0.4) is 0 Å². The molecule has 0 aliphatic carbocycles. The SMILES string of the molecule is CCCCC(CC)CNN(C)C. The highest BCUT2D eigenvalue weighted by molar-refractivity contribution is 4.58. The summed E-state index contributed by atoms with van der Waals surface area (Å²) in [6.45, 7) is 5.66. The third kappa shape index (κ3) is 6.62. The zero-order valence-electron chi connectivity index (χ0n) is 9.06. The molecular formula is C10H24N2. The first-order valence-electron chi connectivity index (χ1n) is 5.11. The van der Waals surface area contributed by atoms with Crippen LogP contribution in [-0.4, -0.2) is 25.6 Å². The second-order valence-electron chi connectivity index (χ2n) is 3.67. The third-order valence-corrected chi connectivity index (χ3v) is 2.24. The Labute approximate surface area is 77.3 Å². The number of unbranched alkanes of at least 4 members (excludes halogenated alkanes) is 1. The van der Waals surface area contributed by atoms with Crippen LogP contribution in [0.1, 0.15) is 39.5 Å². The smallest absolute Gasteiger partial charge is 0.0130 e. The van der Waals surface area contributed by atoms with Crippen LogP contribution in [0.2, 0.25) is 0 Å². The molecule has 0 spiro atoms. The number of rotatable bonds is 7. The average molecular weight is 172 g/mol. The lowest BCUT2D eigenvalue weighted by atomic mass is 10.00. The molecule has 2 nitrogen and oxygen atoms in total. The van der Waals surface area contributed by atoms with E-state index in [1.54, 1.807) is 0 Å². The summed E-state index contributed by atoms with van der Waals surface area (Å²) in [5.74, 6) is 0.854. The molecule has 0 amide bonds. The molecule has 0 heterocycles. The van der Waals surface area contributed by atoms with Crippen LogP contribution in [0, 0.1) is 5.92 Å². The van der Waals surface area contributed by atoms with Gasteiger partial charge in [0.2, 0.25) is 0 Å². The summed E-state index contributed by atoms with van der Waals surface area (Å²) >= 11 is 0. The molecule has 0 bridgehead atoms. The summed E-state index contributed by atoms with van der Waals surface area (Å²) in [4.78, 5) is 0. The number of hydrazine groups is 1. The standard InChI is InChI=1S/C10H24N2/c1-5-7-8-10(6-2)9-11-12(3)4/h10-11H,5-9H2,1-4H3. The number of hydrogen-bond acceptors (Lipinski definition) is 2. The van der Waals surface area contributed by atoms with Crippen LogP contribution in [0.15, 0.2) is 0 Å². The highest BCUT2D eigenvalue weighted by Crippen LogP contribution is 2.10. The topological polar surface area (TPSA) is 15.3 Å². The van der Waals surface area contributed by atoms with Crippen molar-refractivity contribution >= 4 is 0 Å². The fourth-order valence-electron chi connectivity index (χ4n) is 1.25. The molecular weight excluding hydrogens is 148 g/mol. The Morgan fingerprint density at radius 3 is 2.33 bits per heavy atom. The van der Waals surface area contributed by atoms with E-state index in [1.807, 2.05) is 19.1 Å². The van der Waals surface area contributed by atoms with Crippen molar-refractivity contribution < 1.29 is 0 Å². The van der Waals surface area contributed by atoms with E-state index < -0.39 is 0 Å². The Balaban J connectivity index is 3.39. The van der Waals surface area contributed by atoms with Crippen molar-refractivity contribution in [2.75, 3.05) is 20.6 Å². The van der Waals surface area contributed by atoms with Crippen LogP contribution < -0.4 is 5.43 Å². The molecule has 0 aromatic rings. The first-order valence-corrected chi connectivity index (χ1v) is 5.11. The molecule has 1 N–H and O–H groups in total. The zero-order valence-corrected chi connectivity index (χ0v) is 9.06. The van der Waals surface area contributed by atoms with Gasteiger partial charge in [-0.2, -0.15) is 0 Å². The van der Waals surface area contributed by atoms with Gasteiger partial charge in [-0.05, 0) is 12.3 Å². The van der Waals surface area contributed by atoms with Crippen molar-refractivity contribution in [3.63, 3.8) is 0 Å². The molecule has 0 rings (SSSR count). The summed E-state index contributed by atoms with van der Waals surface area (Å²) in [5.41, 5.74) is 3.34. The third-order valence-electron chi connectivity index (χ3n) is 2.24. The van der Waals surface area contributed by atoms with Gasteiger partial charge in [0.25, 0.3) is 0 Å². The fourth-order valence-corrected chi connectivity index (χ4v) is 1.25. The number of nitrogens with zero attached hydrogens (tertiary/aromatic N) is 1. The predicted octanol–water partition coefficient (Wildman–Crippen LogP) is 2.27. The van der Waals surface area contributed by atoms with Crippen molar-refractivity contribution in [3.8, 4) is 0 Å². The van der Waals surface area contributed by atoms with E-state index >= 15 is 0 Å². The second-order valence-corrected chi connectivity index (χ2v) is 3.67. The Morgan fingerprint density at radius 1 is 1.25 bits per heavy atom. The van der Waals surface area contributed by atoms with Gasteiger partial charge in [-0.3, -0.25) is 10.4 Å². The average Bonchev–Trinajstić information content (AvgIpc) is 2.05. The molecule has 2 heteroatoms. The largest absolute Gasteiger partial charge is 0.255 e. The van der Waals surface area contributed by atoms with Crippen molar-refractivity contribution in [3.05, 3.63) is 0 Å². The lowest BCUT2D eigenvalue weighted by Gasteiger charge is -2.18. The quantitative estimate of drug-likeness (QED) is 0.593. The lowest BCUT2D eigenvalue weighted by molar-refractivity contribution is 0.252. The Morgan fingerprint density at radius 2 is 1.92 bits per heavy atom. The summed E-state index contributed by atoms with van der Waals surface area (Å²) in [6, 6.07) is 0. The Hall–Kier alpha value is -0.0800. The van der Waals surface area contributed by atoms with E-state index in [0.29, 0.717) is 0 Å². The van der Waals surface area contributed by atoms with Crippen molar-refractivity contribution in [1.29, 1.82) is 0 Å². The molecule has 0 aliphatic rings. The fraction of sp³-hybridized carbons (Fsp3) is 1.00. The van der Waals surface area contributed by atoms with Crippen LogP contribution >= 0.6 is 0 Å². The summed E-state index contributed by atoms with van der Waals surface area (Å²) in [6.07, 6.45) is 5.35. The molecule has 0 fully saturated rings. The normalized spacial score (nSPS) is 13.8. The molecule has 0 saturated carbocycles. The number of hydrogen-bond donors (Lipinski definition) is 1. The first-order chi connectivity index (χ1) is 5.70. The van der Waals surface area contributed by atoms with Gasteiger partial charge in [0.05, 0.1) is 0 Å². The maximum absolute atomic E-state index is 3.34. The lowest BCUT2D eigenvalue weighted by Crippen LogP contribution is -2.34. The molecule has 0 aromatic heterocycles. The monoisotopic (exact) mass is 172 g/mol. The molecule has 1 unspecified atom stereocenters. The van der Waals surface area contributed by atoms with Crippen LogP contribution in [-0.2, 0) is 0 Å². The van der Waals surface area contributed by atoms with Crippen LogP contribution in [0.25, 0.3) is 0 Å². The van der Waals surface area contributed by atoms with E-state index in [0.717, 1.165) is 12.5 Å². The summed E-state index contributed by atoms with van der Waals surface area (Å²) < 4.78 is 0. The van der Waals surface area contributed by atoms with Crippen LogP contribution in [0.4, 0.5) is 0 Å². The van der Waals surface area contributed by atoms with E-state index in [1.165, 1.54) is 25.7 Å². The van der Waals surface area contributed by atoms with E-state index in [4.69, 9.17) is 0 Å². The van der Waals surface area contributed by atoms with Crippen molar-refractivity contribution in [2.45, 2.75) is 39.5 Å². The molecule has 74 valence electrons. The minimum atomic E-state index is 0.854. The Kier molecular flexibility index (Phi) is 7.51. The zero-order chi connectivity index (χ0) is 9.40.